The monoisotopic (exact) mass is 406 g/mol. The van der Waals surface area contributed by atoms with Crippen LogP contribution in [-0.4, -0.2) is 59.2 Å². The Morgan fingerprint density at radius 3 is 2.50 bits per heavy atom. The Morgan fingerprint density at radius 2 is 1.86 bits per heavy atom. The third-order valence-electron chi connectivity index (χ3n) is 4.96. The van der Waals surface area contributed by atoms with Crippen LogP contribution in [0.25, 0.3) is 0 Å². The molecule has 5 nitrogen and oxygen atoms in total. The van der Waals surface area contributed by atoms with Crippen LogP contribution in [0.1, 0.15) is 12.5 Å². The van der Waals surface area contributed by atoms with Gasteiger partial charge in [-0.3, -0.25) is 9.69 Å². The van der Waals surface area contributed by atoms with Gasteiger partial charge in [0.05, 0.1) is 12.6 Å². The summed E-state index contributed by atoms with van der Waals surface area (Å²) in [5.41, 5.74) is 0.970. The van der Waals surface area contributed by atoms with E-state index in [4.69, 9.17) is 16.3 Å². The van der Waals surface area contributed by atoms with Gasteiger partial charge < -0.3 is 14.7 Å². The number of aliphatic hydroxyl groups excluding tert-OH is 1. The molecular formula is C21H24ClFN2O3. The fourth-order valence-electron chi connectivity index (χ4n) is 3.41. The molecule has 2 aromatic carbocycles. The van der Waals surface area contributed by atoms with Gasteiger partial charge in [-0.2, -0.15) is 0 Å². The molecule has 1 unspecified atom stereocenters. The average Bonchev–Trinajstić information content (AvgIpc) is 2.69. The van der Waals surface area contributed by atoms with E-state index in [1.54, 1.807) is 41.3 Å². The first-order valence-electron chi connectivity index (χ1n) is 9.23. The number of carbonyl (C=O) groups is 1. The van der Waals surface area contributed by atoms with Crippen molar-refractivity contribution in [2.45, 2.75) is 25.6 Å². The molecule has 2 atom stereocenters. The van der Waals surface area contributed by atoms with E-state index in [9.17, 15) is 14.3 Å². The first-order valence-corrected chi connectivity index (χ1v) is 9.61. The molecule has 150 valence electrons. The van der Waals surface area contributed by atoms with Gasteiger partial charge in [0.2, 0.25) is 0 Å². The highest BCUT2D eigenvalue weighted by Gasteiger charge is 2.33. The number of amides is 1. The molecule has 3 rings (SSSR count). The molecular weight excluding hydrogens is 383 g/mol. The van der Waals surface area contributed by atoms with Crippen molar-refractivity contribution in [1.29, 1.82) is 0 Å². The summed E-state index contributed by atoms with van der Waals surface area (Å²) in [6.07, 6.45) is 0. The molecule has 7 heteroatoms. The van der Waals surface area contributed by atoms with Crippen LogP contribution < -0.4 is 4.74 Å². The Labute approximate surface area is 169 Å². The first kappa shape index (κ1) is 20.6. The van der Waals surface area contributed by atoms with Crippen molar-refractivity contribution in [3.05, 3.63) is 64.9 Å². The van der Waals surface area contributed by atoms with Gasteiger partial charge in [0.15, 0.2) is 6.61 Å². The number of nitrogens with zero attached hydrogens (tertiary/aromatic N) is 2. The van der Waals surface area contributed by atoms with Crippen molar-refractivity contribution in [3.63, 3.8) is 0 Å². The van der Waals surface area contributed by atoms with Crippen molar-refractivity contribution >= 4 is 17.5 Å². The molecule has 1 saturated heterocycles. The van der Waals surface area contributed by atoms with Gasteiger partial charge in [0, 0.05) is 30.7 Å². The second-order valence-electron chi connectivity index (χ2n) is 7.03. The summed E-state index contributed by atoms with van der Waals surface area (Å²) < 4.78 is 18.7. The lowest BCUT2D eigenvalue weighted by Crippen LogP contribution is -2.60. The highest BCUT2D eigenvalue weighted by Crippen LogP contribution is 2.20. The standard InChI is InChI=1S/C21H24ClFN2O3/c1-15-10-24(11-16-2-6-18(23)7-3-16)19(13-26)12-25(15)21(27)14-28-20-8-4-17(22)5-9-20/h2-9,15,19,26H,10-14H2,1H3/t15?,19-/m1/s1. The molecule has 1 heterocycles. The Balaban J connectivity index is 1.59. The van der Waals surface area contributed by atoms with Gasteiger partial charge in [0.1, 0.15) is 11.6 Å². The summed E-state index contributed by atoms with van der Waals surface area (Å²) in [5.74, 6) is 0.188. The second kappa shape index (κ2) is 9.37. The number of rotatable bonds is 6. The minimum absolute atomic E-state index is 0.0235. The van der Waals surface area contributed by atoms with Crippen LogP contribution in [0.4, 0.5) is 4.39 Å². The molecule has 28 heavy (non-hydrogen) atoms. The zero-order chi connectivity index (χ0) is 20.1. The smallest absolute Gasteiger partial charge is 0.260 e. The van der Waals surface area contributed by atoms with E-state index in [0.717, 1.165) is 5.56 Å². The lowest BCUT2D eigenvalue weighted by atomic mass is 10.1. The molecule has 0 bridgehead atoms. The molecule has 2 aromatic rings. The lowest BCUT2D eigenvalue weighted by molar-refractivity contribution is -0.140. The molecule has 1 fully saturated rings. The molecule has 0 saturated carbocycles. The average molecular weight is 407 g/mol. The fraction of sp³-hybridized carbons (Fsp3) is 0.381. The van der Waals surface area contributed by atoms with Gasteiger partial charge in [-0.05, 0) is 48.9 Å². The van der Waals surface area contributed by atoms with Crippen LogP contribution in [0.5, 0.6) is 5.75 Å². The Hall–Kier alpha value is -2.15. The van der Waals surface area contributed by atoms with E-state index in [0.29, 0.717) is 30.4 Å². The first-order chi connectivity index (χ1) is 13.5. The molecule has 0 radical (unpaired) electrons. The van der Waals surface area contributed by atoms with Gasteiger partial charge in [-0.1, -0.05) is 23.7 Å². The predicted octanol–water partition coefficient (Wildman–Crippen LogP) is 2.95. The van der Waals surface area contributed by atoms with Gasteiger partial charge in [0.25, 0.3) is 5.91 Å². The van der Waals surface area contributed by atoms with Crippen LogP contribution in [0.15, 0.2) is 48.5 Å². The van der Waals surface area contributed by atoms with E-state index < -0.39 is 0 Å². The molecule has 0 spiro atoms. The van der Waals surface area contributed by atoms with Crippen LogP contribution in [0.2, 0.25) is 5.02 Å². The molecule has 1 N–H and O–H groups in total. The summed E-state index contributed by atoms with van der Waals surface area (Å²) in [4.78, 5) is 16.5. The summed E-state index contributed by atoms with van der Waals surface area (Å²) >= 11 is 5.85. The maximum absolute atomic E-state index is 13.1. The normalized spacial score (nSPS) is 20.2. The topological polar surface area (TPSA) is 53.0 Å². The lowest BCUT2D eigenvalue weighted by Gasteiger charge is -2.44. The van der Waals surface area contributed by atoms with E-state index in [-0.39, 0.29) is 37.0 Å². The highest BCUT2D eigenvalue weighted by molar-refractivity contribution is 6.30. The van der Waals surface area contributed by atoms with Crippen LogP contribution >= 0.6 is 11.6 Å². The number of hydrogen-bond acceptors (Lipinski definition) is 4. The molecule has 1 aliphatic heterocycles. The second-order valence-corrected chi connectivity index (χ2v) is 7.47. The Kier molecular flexibility index (Phi) is 6.88. The van der Waals surface area contributed by atoms with Crippen LogP contribution in [-0.2, 0) is 11.3 Å². The number of piperazine rings is 1. The van der Waals surface area contributed by atoms with Crippen molar-refractivity contribution in [3.8, 4) is 5.75 Å². The molecule has 0 aliphatic carbocycles. The molecule has 1 amide bonds. The van der Waals surface area contributed by atoms with E-state index in [1.807, 2.05) is 6.92 Å². The van der Waals surface area contributed by atoms with Crippen molar-refractivity contribution in [2.24, 2.45) is 0 Å². The number of ether oxygens (including phenoxy) is 1. The number of carbonyl (C=O) groups excluding carboxylic acids is 1. The fourth-order valence-corrected chi connectivity index (χ4v) is 3.53. The zero-order valence-corrected chi connectivity index (χ0v) is 16.5. The maximum atomic E-state index is 13.1. The SMILES string of the molecule is CC1CN(Cc2ccc(F)cc2)[C@@H](CO)CN1C(=O)COc1ccc(Cl)cc1. The van der Waals surface area contributed by atoms with Crippen molar-refractivity contribution < 1.29 is 19.0 Å². The number of benzene rings is 2. The number of halogens is 2. The Morgan fingerprint density at radius 1 is 1.18 bits per heavy atom. The predicted molar refractivity (Wildman–Crippen MR) is 106 cm³/mol. The van der Waals surface area contributed by atoms with Crippen molar-refractivity contribution in [1.82, 2.24) is 9.80 Å². The van der Waals surface area contributed by atoms with Gasteiger partial charge in [-0.25, -0.2) is 4.39 Å². The van der Waals surface area contributed by atoms with Gasteiger partial charge >= 0.3 is 0 Å². The van der Waals surface area contributed by atoms with Crippen LogP contribution in [0.3, 0.4) is 0 Å². The minimum atomic E-state index is -0.271. The largest absolute Gasteiger partial charge is 0.484 e. The van der Waals surface area contributed by atoms with Crippen LogP contribution in [0, 0.1) is 5.82 Å². The third-order valence-corrected chi connectivity index (χ3v) is 5.21. The summed E-state index contributed by atoms with van der Waals surface area (Å²) in [6, 6.07) is 13.0. The Bertz CT molecular complexity index is 785. The summed E-state index contributed by atoms with van der Waals surface area (Å²) in [5, 5.41) is 10.4. The summed E-state index contributed by atoms with van der Waals surface area (Å²) in [7, 11) is 0. The quantitative estimate of drug-likeness (QED) is 0.801. The number of hydrogen-bond donors (Lipinski definition) is 1. The van der Waals surface area contributed by atoms with E-state index in [2.05, 4.69) is 4.90 Å². The highest BCUT2D eigenvalue weighted by atomic mass is 35.5. The van der Waals surface area contributed by atoms with E-state index >= 15 is 0 Å². The molecule has 1 aliphatic rings. The molecule has 0 aromatic heterocycles. The zero-order valence-electron chi connectivity index (χ0n) is 15.7. The maximum Gasteiger partial charge on any atom is 0.260 e. The minimum Gasteiger partial charge on any atom is -0.484 e. The summed E-state index contributed by atoms with van der Waals surface area (Å²) in [6.45, 7) is 3.49. The van der Waals surface area contributed by atoms with E-state index in [1.165, 1.54) is 12.1 Å². The number of aliphatic hydroxyl groups is 1. The van der Waals surface area contributed by atoms with Crippen molar-refractivity contribution in [2.75, 3.05) is 26.3 Å². The third kappa shape index (κ3) is 5.22. The van der Waals surface area contributed by atoms with Gasteiger partial charge in [-0.15, -0.1) is 0 Å².